The third-order valence-electron chi connectivity index (χ3n) is 6.38. The van der Waals surface area contributed by atoms with Crippen molar-refractivity contribution in [2.45, 2.75) is 19.8 Å². The number of piperidine rings is 1. The van der Waals surface area contributed by atoms with Crippen LogP contribution in [0.3, 0.4) is 0 Å². The Hall–Kier alpha value is -2.74. The molecule has 4 aromatic carbocycles. The zero-order valence-corrected chi connectivity index (χ0v) is 17.9. The summed E-state index contributed by atoms with van der Waals surface area (Å²) in [7, 11) is -1.19. The molecule has 0 atom stereocenters. The topological polar surface area (TPSA) is 29.5 Å². The molecule has 1 aromatic heterocycles. The maximum Gasteiger partial charge on any atom is 0.309 e. The molecule has 1 aliphatic heterocycles. The fourth-order valence-corrected chi connectivity index (χ4v) is 6.10. The van der Waals surface area contributed by atoms with E-state index in [1.54, 1.807) is 0 Å². The van der Waals surface area contributed by atoms with Crippen LogP contribution in [0, 0.1) is 5.92 Å². The van der Waals surface area contributed by atoms with Crippen LogP contribution in [0.5, 0.6) is 0 Å². The van der Waals surface area contributed by atoms with E-state index in [-0.39, 0.29) is 0 Å². The molecule has 0 unspecified atom stereocenters. The van der Waals surface area contributed by atoms with Gasteiger partial charge in [0, 0.05) is 23.9 Å². The van der Waals surface area contributed by atoms with Crippen molar-refractivity contribution in [3.05, 3.63) is 72.8 Å². The van der Waals surface area contributed by atoms with E-state index < -0.39 is 8.16 Å². The van der Waals surface area contributed by atoms with Crippen molar-refractivity contribution >= 4 is 51.6 Å². The molecule has 0 radical (unpaired) electrons. The average molecular weight is 413 g/mol. The van der Waals surface area contributed by atoms with Gasteiger partial charge in [0.05, 0.1) is 0 Å². The third kappa shape index (κ3) is 2.93. The molecule has 0 aliphatic carbocycles. The zero-order valence-electron chi connectivity index (χ0n) is 17.0. The highest BCUT2D eigenvalue weighted by Gasteiger charge is 2.22. The van der Waals surface area contributed by atoms with Crippen molar-refractivity contribution in [2.24, 2.45) is 5.92 Å². The Balaban J connectivity index is 1.79. The van der Waals surface area contributed by atoms with E-state index >= 15 is 0 Å². The molecule has 0 bridgehead atoms. The van der Waals surface area contributed by atoms with Gasteiger partial charge in [-0.1, -0.05) is 67.6 Å². The third-order valence-corrected chi connectivity index (χ3v) is 7.94. The molecule has 150 valence electrons. The highest BCUT2D eigenvalue weighted by Crippen LogP contribution is 2.42. The predicted molar refractivity (Wildman–Crippen MR) is 128 cm³/mol. The fourth-order valence-electron chi connectivity index (χ4n) is 4.63. The summed E-state index contributed by atoms with van der Waals surface area (Å²) in [4.78, 5) is 0. The molecule has 1 saturated heterocycles. The minimum absolute atomic E-state index is 0.774. The van der Waals surface area contributed by atoms with E-state index in [1.165, 1.54) is 34.4 Å². The molecule has 0 spiro atoms. The lowest BCUT2D eigenvalue weighted by Crippen LogP contribution is -2.30. The second-order valence-corrected chi connectivity index (χ2v) is 9.78. The van der Waals surface area contributed by atoms with Crippen LogP contribution in [0.25, 0.3) is 43.5 Å². The highest BCUT2D eigenvalue weighted by atomic mass is 31.1. The van der Waals surface area contributed by atoms with Gasteiger partial charge in [0.2, 0.25) is 0 Å². The first-order chi connectivity index (χ1) is 14.8. The molecule has 4 heteroatoms. The molecule has 0 saturated carbocycles. The summed E-state index contributed by atoms with van der Waals surface area (Å²) in [6.07, 6.45) is 2.39. The number of hydrogen-bond acceptors (Lipinski definition) is 3. The Morgan fingerprint density at radius 1 is 0.700 bits per heavy atom. The normalized spacial score (nSPS) is 16.0. The van der Waals surface area contributed by atoms with Gasteiger partial charge >= 0.3 is 8.16 Å². The standard InChI is InChI=1S/C26H24NO2P/c1-18-14-16-27(17-15-18)30-28-23-12-10-19-6-2-4-8-21(19)25(23)26-22-9-5-3-7-20(22)11-13-24(26)29-30/h2-13,18H,14-17H2,1H3. The Kier molecular flexibility index (Phi) is 4.33. The quantitative estimate of drug-likeness (QED) is 0.279. The molecule has 2 heterocycles. The van der Waals surface area contributed by atoms with E-state index in [1.807, 2.05) is 0 Å². The van der Waals surface area contributed by atoms with Gasteiger partial charge in [-0.15, -0.1) is 0 Å². The highest BCUT2D eigenvalue weighted by molar-refractivity contribution is 7.39. The largest absolute Gasteiger partial charge is 0.408 e. The summed E-state index contributed by atoms with van der Waals surface area (Å²) in [6.45, 7) is 4.39. The molecule has 3 nitrogen and oxygen atoms in total. The summed E-state index contributed by atoms with van der Waals surface area (Å²) in [5.74, 6) is 0.774. The zero-order chi connectivity index (χ0) is 20.1. The Morgan fingerprint density at radius 2 is 1.20 bits per heavy atom. The maximum absolute atomic E-state index is 6.64. The van der Waals surface area contributed by atoms with Crippen molar-refractivity contribution in [3.8, 4) is 0 Å². The average Bonchev–Trinajstić information content (AvgIpc) is 2.97. The number of nitrogens with zero attached hydrogens (tertiary/aromatic N) is 1. The molecule has 1 aliphatic rings. The van der Waals surface area contributed by atoms with Crippen LogP contribution in [-0.2, 0) is 0 Å². The maximum atomic E-state index is 6.64. The van der Waals surface area contributed by atoms with Crippen molar-refractivity contribution in [1.29, 1.82) is 0 Å². The van der Waals surface area contributed by atoms with Crippen LogP contribution >= 0.6 is 8.16 Å². The number of rotatable bonds is 1. The van der Waals surface area contributed by atoms with Crippen molar-refractivity contribution in [3.63, 3.8) is 0 Å². The molecular weight excluding hydrogens is 389 g/mol. The van der Waals surface area contributed by atoms with E-state index in [0.717, 1.165) is 40.9 Å². The van der Waals surface area contributed by atoms with Gasteiger partial charge in [0.25, 0.3) is 0 Å². The molecule has 5 aromatic rings. The van der Waals surface area contributed by atoms with Crippen LogP contribution in [0.15, 0.2) is 81.2 Å². The summed E-state index contributed by atoms with van der Waals surface area (Å²) in [5, 5.41) is 7.15. The van der Waals surface area contributed by atoms with E-state index in [9.17, 15) is 0 Å². The lowest BCUT2D eigenvalue weighted by molar-refractivity contribution is 0.441. The molecule has 0 amide bonds. The minimum Gasteiger partial charge on any atom is -0.408 e. The molecule has 6 rings (SSSR count). The Labute approximate surface area is 176 Å². The lowest BCUT2D eigenvalue weighted by Gasteiger charge is -2.26. The first-order valence-electron chi connectivity index (χ1n) is 10.7. The van der Waals surface area contributed by atoms with Gasteiger partial charge in [-0.3, -0.25) is 0 Å². The Bertz CT molecular complexity index is 1330. The van der Waals surface area contributed by atoms with Gasteiger partial charge in [-0.25, -0.2) is 4.67 Å². The second kappa shape index (κ2) is 7.19. The summed E-state index contributed by atoms with van der Waals surface area (Å²) in [6, 6.07) is 25.7. The van der Waals surface area contributed by atoms with Crippen LogP contribution in [-0.4, -0.2) is 13.1 Å². The van der Waals surface area contributed by atoms with Crippen molar-refractivity contribution < 1.29 is 8.39 Å². The van der Waals surface area contributed by atoms with Crippen molar-refractivity contribution in [2.75, 3.05) is 17.8 Å². The summed E-state index contributed by atoms with van der Waals surface area (Å²) >= 11 is 0. The Morgan fingerprint density at radius 3 is 1.73 bits per heavy atom. The summed E-state index contributed by atoms with van der Waals surface area (Å²) in [5.41, 5.74) is 1.85. The van der Waals surface area contributed by atoms with Crippen LogP contribution in [0.4, 0.5) is 0 Å². The predicted octanol–water partition coefficient (Wildman–Crippen LogP) is 7.96. The van der Waals surface area contributed by atoms with Gasteiger partial charge in [0.1, 0.15) is 11.2 Å². The van der Waals surface area contributed by atoms with Crippen molar-refractivity contribution in [1.82, 2.24) is 0 Å². The van der Waals surface area contributed by atoms with Crippen LogP contribution in [0.2, 0.25) is 0 Å². The smallest absolute Gasteiger partial charge is 0.309 e. The monoisotopic (exact) mass is 413 g/mol. The van der Waals surface area contributed by atoms with E-state index in [4.69, 9.17) is 8.39 Å². The first-order valence-corrected chi connectivity index (χ1v) is 11.9. The number of fused-ring (bicyclic) bond motifs is 7. The second-order valence-electron chi connectivity index (χ2n) is 8.38. The molecule has 0 N–H and O–H groups in total. The van der Waals surface area contributed by atoms with Gasteiger partial charge in [0.15, 0.2) is 0 Å². The molecular formula is C26H24NO2P. The van der Waals surface area contributed by atoms with Gasteiger partial charge in [-0.05, 0) is 52.4 Å². The van der Waals surface area contributed by atoms with Crippen LogP contribution < -0.4 is 4.67 Å². The van der Waals surface area contributed by atoms with Crippen LogP contribution in [0.1, 0.15) is 19.8 Å². The first kappa shape index (κ1) is 18.1. The summed E-state index contributed by atoms with van der Waals surface area (Å²) < 4.78 is 15.7. The molecule has 30 heavy (non-hydrogen) atoms. The van der Waals surface area contributed by atoms with Gasteiger partial charge < -0.3 is 8.39 Å². The van der Waals surface area contributed by atoms with Gasteiger partial charge in [-0.2, -0.15) is 0 Å². The van der Waals surface area contributed by atoms with E-state index in [2.05, 4.69) is 84.4 Å². The minimum atomic E-state index is -1.19. The molecule has 1 fully saturated rings. The fraction of sp³-hybridized carbons (Fsp3) is 0.231. The number of hydrogen-bond donors (Lipinski definition) is 0. The van der Waals surface area contributed by atoms with E-state index in [0.29, 0.717) is 0 Å². The SMILES string of the molecule is CC1CCN(p2oc3ccc4ccccc4c3c3c(ccc4ccccc43)o2)CC1. The lowest BCUT2D eigenvalue weighted by atomic mass is 9.99. The number of benzene rings is 4.